The number of para-hydroxylation sites is 1. The van der Waals surface area contributed by atoms with Gasteiger partial charge in [-0.25, -0.2) is 0 Å². The number of piperidine rings is 1. The summed E-state index contributed by atoms with van der Waals surface area (Å²) in [7, 11) is 0.417. The first-order valence-corrected chi connectivity index (χ1v) is 9.01. The molecule has 0 bridgehead atoms. The van der Waals surface area contributed by atoms with Crippen LogP contribution >= 0.6 is 0 Å². The van der Waals surface area contributed by atoms with Crippen LogP contribution in [0.15, 0.2) is 30.3 Å². The highest BCUT2D eigenvalue weighted by atomic mass is 28.2. The summed E-state index contributed by atoms with van der Waals surface area (Å²) in [5, 5.41) is 0. The van der Waals surface area contributed by atoms with Gasteiger partial charge in [0, 0.05) is 28.3 Å². The van der Waals surface area contributed by atoms with Gasteiger partial charge in [-0.15, -0.1) is 0 Å². The van der Waals surface area contributed by atoms with Crippen LogP contribution in [0.3, 0.4) is 0 Å². The summed E-state index contributed by atoms with van der Waals surface area (Å²) in [5.41, 5.74) is 1.39. The molecular formula is C13H23NSi. The van der Waals surface area contributed by atoms with Gasteiger partial charge in [-0.1, -0.05) is 31.3 Å². The first-order chi connectivity index (χ1) is 7.38. The van der Waals surface area contributed by atoms with E-state index in [-0.39, 0.29) is 0 Å². The van der Waals surface area contributed by atoms with E-state index in [0.717, 1.165) is 0 Å². The van der Waals surface area contributed by atoms with Gasteiger partial charge >= 0.3 is 0 Å². The molecule has 0 amide bonds. The zero-order valence-corrected chi connectivity index (χ0v) is 11.5. The van der Waals surface area contributed by atoms with Gasteiger partial charge in [0.25, 0.3) is 0 Å². The molecule has 1 aromatic carbocycles. The lowest BCUT2D eigenvalue weighted by Crippen LogP contribution is -2.29. The molecular weight excluding hydrogens is 198 g/mol. The Bertz CT molecular complexity index is 242. The SMILES string of the molecule is C[SiH2]C.c1ccc(N2CCCCC2)cc1. The van der Waals surface area contributed by atoms with Crippen LogP contribution in [0.2, 0.25) is 13.1 Å². The summed E-state index contributed by atoms with van der Waals surface area (Å²) < 4.78 is 0. The van der Waals surface area contributed by atoms with E-state index in [0.29, 0.717) is 9.52 Å². The van der Waals surface area contributed by atoms with E-state index in [1.807, 2.05) is 0 Å². The molecule has 1 fully saturated rings. The molecule has 0 saturated carbocycles. The maximum atomic E-state index is 2.48. The number of rotatable bonds is 1. The van der Waals surface area contributed by atoms with E-state index in [4.69, 9.17) is 0 Å². The number of nitrogens with zero attached hydrogens (tertiary/aromatic N) is 1. The molecule has 1 aliphatic heterocycles. The van der Waals surface area contributed by atoms with Gasteiger partial charge in [-0.05, 0) is 31.4 Å². The van der Waals surface area contributed by atoms with Crippen molar-refractivity contribution in [3.63, 3.8) is 0 Å². The van der Waals surface area contributed by atoms with Crippen LogP contribution in [0.25, 0.3) is 0 Å². The molecule has 1 aromatic rings. The van der Waals surface area contributed by atoms with Gasteiger partial charge in [0.05, 0.1) is 0 Å². The second-order valence-electron chi connectivity index (χ2n) is 4.09. The van der Waals surface area contributed by atoms with Gasteiger partial charge in [-0.2, -0.15) is 0 Å². The average molecular weight is 221 g/mol. The molecule has 2 heteroatoms. The summed E-state index contributed by atoms with van der Waals surface area (Å²) in [4.78, 5) is 2.48. The normalized spacial score (nSPS) is 15.5. The number of anilines is 1. The van der Waals surface area contributed by atoms with Gasteiger partial charge in [0.15, 0.2) is 0 Å². The Labute approximate surface area is 96.3 Å². The summed E-state index contributed by atoms with van der Waals surface area (Å²) >= 11 is 0. The Balaban J connectivity index is 0.000000337. The summed E-state index contributed by atoms with van der Waals surface area (Å²) in [6.45, 7) is 7.01. The molecule has 0 N–H and O–H groups in total. The lowest BCUT2D eigenvalue weighted by Gasteiger charge is -2.28. The highest BCUT2D eigenvalue weighted by Gasteiger charge is 2.09. The van der Waals surface area contributed by atoms with Crippen LogP contribution in [-0.4, -0.2) is 22.6 Å². The number of hydrogen-bond donors (Lipinski definition) is 0. The lowest BCUT2D eigenvalue weighted by atomic mass is 10.1. The van der Waals surface area contributed by atoms with Crippen molar-refractivity contribution >= 4 is 15.2 Å². The van der Waals surface area contributed by atoms with Crippen molar-refractivity contribution in [1.82, 2.24) is 0 Å². The molecule has 1 heterocycles. The number of benzene rings is 1. The van der Waals surface area contributed by atoms with Gasteiger partial charge in [0.1, 0.15) is 0 Å². The molecule has 0 aliphatic carbocycles. The fourth-order valence-corrected chi connectivity index (χ4v) is 1.79. The zero-order chi connectivity index (χ0) is 10.9. The molecule has 1 nitrogen and oxygen atoms in total. The van der Waals surface area contributed by atoms with Crippen LogP contribution in [0.4, 0.5) is 5.69 Å². The van der Waals surface area contributed by atoms with Crippen LogP contribution in [0, 0.1) is 0 Å². The smallest absolute Gasteiger partial charge is 0.0366 e. The third kappa shape index (κ3) is 4.52. The van der Waals surface area contributed by atoms with Crippen molar-refractivity contribution in [3.05, 3.63) is 30.3 Å². The second-order valence-corrected chi connectivity index (χ2v) is 5.50. The first-order valence-electron chi connectivity index (χ1n) is 6.18. The maximum absolute atomic E-state index is 2.48. The average Bonchev–Trinajstić information content (AvgIpc) is 2.32. The Hall–Kier alpha value is -0.763. The van der Waals surface area contributed by atoms with Crippen molar-refractivity contribution in [2.24, 2.45) is 0 Å². The summed E-state index contributed by atoms with van der Waals surface area (Å²) in [6, 6.07) is 10.7. The molecule has 84 valence electrons. The van der Waals surface area contributed by atoms with Crippen LogP contribution in [0.5, 0.6) is 0 Å². The Kier molecular flexibility index (Phi) is 6.17. The molecule has 2 rings (SSSR count). The predicted molar refractivity (Wildman–Crippen MR) is 72.8 cm³/mol. The maximum Gasteiger partial charge on any atom is 0.0366 e. The van der Waals surface area contributed by atoms with Crippen LogP contribution in [-0.2, 0) is 0 Å². The molecule has 1 saturated heterocycles. The molecule has 0 aromatic heterocycles. The number of hydrogen-bond acceptors (Lipinski definition) is 1. The molecule has 0 spiro atoms. The zero-order valence-electron chi connectivity index (χ0n) is 10.1. The molecule has 0 unspecified atom stereocenters. The van der Waals surface area contributed by atoms with Crippen molar-refractivity contribution < 1.29 is 0 Å². The highest BCUT2D eigenvalue weighted by Crippen LogP contribution is 2.18. The highest BCUT2D eigenvalue weighted by molar-refractivity contribution is 6.31. The van der Waals surface area contributed by atoms with Crippen molar-refractivity contribution in [3.8, 4) is 0 Å². The molecule has 1 aliphatic rings. The third-order valence-corrected chi connectivity index (χ3v) is 2.48. The Morgan fingerprint density at radius 2 is 1.47 bits per heavy atom. The quantitative estimate of drug-likeness (QED) is 0.659. The summed E-state index contributed by atoms with van der Waals surface area (Å²) in [5.74, 6) is 0. The van der Waals surface area contributed by atoms with Gasteiger partial charge in [0.2, 0.25) is 0 Å². The Morgan fingerprint density at radius 1 is 0.933 bits per heavy atom. The van der Waals surface area contributed by atoms with E-state index in [9.17, 15) is 0 Å². The van der Waals surface area contributed by atoms with E-state index in [2.05, 4.69) is 48.3 Å². The largest absolute Gasteiger partial charge is 0.372 e. The van der Waals surface area contributed by atoms with Crippen molar-refractivity contribution in [2.45, 2.75) is 32.4 Å². The lowest BCUT2D eigenvalue weighted by molar-refractivity contribution is 0.578. The van der Waals surface area contributed by atoms with E-state index >= 15 is 0 Å². The second kappa shape index (κ2) is 7.52. The van der Waals surface area contributed by atoms with Gasteiger partial charge < -0.3 is 4.90 Å². The molecule has 15 heavy (non-hydrogen) atoms. The van der Waals surface area contributed by atoms with Crippen LogP contribution < -0.4 is 4.90 Å². The fraction of sp³-hybridized carbons (Fsp3) is 0.538. The van der Waals surface area contributed by atoms with Gasteiger partial charge in [-0.3, -0.25) is 0 Å². The molecule has 0 radical (unpaired) electrons. The van der Waals surface area contributed by atoms with E-state index in [1.54, 1.807) is 0 Å². The standard InChI is InChI=1S/C11H15N.C2H8Si/c1-3-7-11(8-4-1)12-9-5-2-6-10-12;1-3-2/h1,3-4,7-8H,2,5-6,9-10H2;3H2,1-2H3. The molecule has 0 atom stereocenters. The third-order valence-electron chi connectivity index (χ3n) is 2.48. The fourth-order valence-electron chi connectivity index (χ4n) is 1.79. The minimum atomic E-state index is 0.417. The predicted octanol–water partition coefficient (Wildman–Crippen LogP) is 2.93. The monoisotopic (exact) mass is 221 g/mol. The Morgan fingerprint density at radius 3 is 2.00 bits per heavy atom. The van der Waals surface area contributed by atoms with Crippen molar-refractivity contribution in [2.75, 3.05) is 18.0 Å². The van der Waals surface area contributed by atoms with E-state index < -0.39 is 0 Å². The topological polar surface area (TPSA) is 3.24 Å². The summed E-state index contributed by atoms with van der Waals surface area (Å²) in [6.07, 6.45) is 4.12. The van der Waals surface area contributed by atoms with Crippen LogP contribution in [0.1, 0.15) is 19.3 Å². The minimum Gasteiger partial charge on any atom is -0.372 e. The van der Waals surface area contributed by atoms with Crippen molar-refractivity contribution in [1.29, 1.82) is 0 Å². The minimum absolute atomic E-state index is 0.417. The van der Waals surface area contributed by atoms with E-state index in [1.165, 1.54) is 38.0 Å². The first kappa shape index (κ1) is 12.3.